The van der Waals surface area contributed by atoms with Gasteiger partial charge in [0.05, 0.1) is 5.02 Å². The van der Waals surface area contributed by atoms with Gasteiger partial charge in [0.25, 0.3) is 0 Å². The van der Waals surface area contributed by atoms with Gasteiger partial charge >= 0.3 is 6.03 Å². The predicted octanol–water partition coefficient (Wildman–Crippen LogP) is 4.50. The van der Waals surface area contributed by atoms with E-state index in [4.69, 9.17) is 23.2 Å². The second kappa shape index (κ2) is 7.29. The maximum Gasteiger partial charge on any atom is 0.319 e. The van der Waals surface area contributed by atoms with Gasteiger partial charge in [-0.1, -0.05) is 35.3 Å². The molecule has 0 radical (unpaired) electrons. The van der Waals surface area contributed by atoms with E-state index < -0.39 is 5.82 Å². The van der Waals surface area contributed by atoms with Crippen molar-refractivity contribution in [3.05, 3.63) is 63.9 Å². The molecule has 6 heteroatoms. The van der Waals surface area contributed by atoms with Gasteiger partial charge in [0.1, 0.15) is 5.82 Å². The quantitative estimate of drug-likeness (QED) is 0.853. The van der Waals surface area contributed by atoms with Crippen molar-refractivity contribution < 1.29 is 9.18 Å². The molecule has 0 spiro atoms. The Labute approximate surface area is 132 Å². The van der Waals surface area contributed by atoms with Crippen molar-refractivity contribution in [3.63, 3.8) is 0 Å². The van der Waals surface area contributed by atoms with Crippen LogP contribution >= 0.6 is 23.2 Å². The molecule has 110 valence electrons. The minimum absolute atomic E-state index is 0.0334. The summed E-state index contributed by atoms with van der Waals surface area (Å²) in [6.45, 7) is 0.475. The highest BCUT2D eigenvalue weighted by atomic mass is 35.5. The first-order valence-electron chi connectivity index (χ1n) is 6.29. The number of rotatable bonds is 4. The lowest BCUT2D eigenvalue weighted by Crippen LogP contribution is -2.30. The van der Waals surface area contributed by atoms with Crippen molar-refractivity contribution in [2.75, 3.05) is 11.9 Å². The minimum atomic E-state index is -0.523. The standard InChI is InChI=1S/C15H13Cl2FN2O/c16-11-3-1-10(2-4-11)7-8-19-15(21)20-12-5-6-14(18)13(17)9-12/h1-6,9H,7-8H2,(H2,19,20,21). The first-order valence-corrected chi connectivity index (χ1v) is 7.04. The van der Waals surface area contributed by atoms with Crippen molar-refractivity contribution in [2.24, 2.45) is 0 Å². The Hall–Kier alpha value is -1.78. The second-order valence-electron chi connectivity index (χ2n) is 4.39. The highest BCUT2D eigenvalue weighted by Gasteiger charge is 2.04. The summed E-state index contributed by atoms with van der Waals surface area (Å²) in [6.07, 6.45) is 0.689. The fourth-order valence-electron chi connectivity index (χ4n) is 1.72. The number of benzene rings is 2. The number of halogens is 3. The minimum Gasteiger partial charge on any atom is -0.338 e. The van der Waals surface area contributed by atoms with Crippen LogP contribution in [-0.2, 0) is 6.42 Å². The zero-order valence-electron chi connectivity index (χ0n) is 11.0. The van der Waals surface area contributed by atoms with Gasteiger partial charge < -0.3 is 10.6 Å². The van der Waals surface area contributed by atoms with Crippen LogP contribution in [0.4, 0.5) is 14.9 Å². The number of carbonyl (C=O) groups excluding carboxylic acids is 1. The van der Waals surface area contributed by atoms with Crippen molar-refractivity contribution in [1.29, 1.82) is 0 Å². The molecule has 0 aromatic heterocycles. The molecule has 2 rings (SSSR count). The lowest BCUT2D eigenvalue weighted by atomic mass is 10.1. The fourth-order valence-corrected chi connectivity index (χ4v) is 2.03. The fraction of sp³-hybridized carbons (Fsp3) is 0.133. The molecule has 0 unspecified atom stereocenters. The smallest absolute Gasteiger partial charge is 0.319 e. The normalized spacial score (nSPS) is 10.2. The lowest BCUT2D eigenvalue weighted by molar-refractivity contribution is 0.252. The molecule has 2 amide bonds. The van der Waals surface area contributed by atoms with Crippen LogP contribution in [0.15, 0.2) is 42.5 Å². The molecule has 0 fully saturated rings. The summed E-state index contributed by atoms with van der Waals surface area (Å²) in [6, 6.07) is 11.0. The Kier molecular flexibility index (Phi) is 5.42. The van der Waals surface area contributed by atoms with Crippen LogP contribution in [0.3, 0.4) is 0 Å². The van der Waals surface area contributed by atoms with Gasteiger partial charge in [-0.05, 0) is 42.3 Å². The summed E-state index contributed by atoms with van der Waals surface area (Å²) >= 11 is 11.4. The van der Waals surface area contributed by atoms with E-state index in [0.717, 1.165) is 5.56 Å². The molecular formula is C15H13Cl2FN2O. The first kappa shape index (κ1) is 15.6. The number of urea groups is 1. The van der Waals surface area contributed by atoms with E-state index in [1.807, 2.05) is 12.1 Å². The molecule has 0 bridgehead atoms. The number of carbonyl (C=O) groups is 1. The van der Waals surface area contributed by atoms with Crippen molar-refractivity contribution in [2.45, 2.75) is 6.42 Å². The molecule has 0 aliphatic rings. The van der Waals surface area contributed by atoms with E-state index in [-0.39, 0.29) is 11.1 Å². The van der Waals surface area contributed by atoms with Gasteiger partial charge in [0.2, 0.25) is 0 Å². The third-order valence-electron chi connectivity index (χ3n) is 2.79. The highest BCUT2D eigenvalue weighted by molar-refractivity contribution is 6.31. The van der Waals surface area contributed by atoms with Crippen LogP contribution in [0.25, 0.3) is 0 Å². The largest absolute Gasteiger partial charge is 0.338 e. The van der Waals surface area contributed by atoms with Gasteiger partial charge in [-0.2, -0.15) is 0 Å². The Balaban J connectivity index is 1.79. The molecule has 2 aromatic rings. The van der Waals surface area contributed by atoms with E-state index in [1.165, 1.54) is 18.2 Å². The monoisotopic (exact) mass is 326 g/mol. The number of hydrogen-bond donors (Lipinski definition) is 2. The Morgan fingerprint density at radius 1 is 1.10 bits per heavy atom. The maximum atomic E-state index is 13.0. The van der Waals surface area contributed by atoms with Crippen LogP contribution in [0.1, 0.15) is 5.56 Å². The molecular weight excluding hydrogens is 314 g/mol. The van der Waals surface area contributed by atoms with Crippen LogP contribution in [0, 0.1) is 5.82 Å². The van der Waals surface area contributed by atoms with Crippen LogP contribution in [0.5, 0.6) is 0 Å². The summed E-state index contributed by atoms with van der Waals surface area (Å²) < 4.78 is 13.0. The third kappa shape index (κ3) is 4.92. The maximum absolute atomic E-state index is 13.0. The van der Waals surface area contributed by atoms with E-state index in [9.17, 15) is 9.18 Å². The zero-order chi connectivity index (χ0) is 15.2. The Morgan fingerprint density at radius 2 is 1.81 bits per heavy atom. The zero-order valence-corrected chi connectivity index (χ0v) is 12.5. The van der Waals surface area contributed by atoms with Crippen molar-refractivity contribution in [1.82, 2.24) is 5.32 Å². The average molecular weight is 327 g/mol. The number of amides is 2. The summed E-state index contributed by atoms with van der Waals surface area (Å²) in [5, 5.41) is 5.94. The number of hydrogen-bond acceptors (Lipinski definition) is 1. The molecule has 0 atom stereocenters. The molecule has 0 heterocycles. The van der Waals surface area contributed by atoms with Gasteiger partial charge in [0.15, 0.2) is 0 Å². The molecule has 0 saturated heterocycles. The van der Waals surface area contributed by atoms with Crippen LogP contribution in [-0.4, -0.2) is 12.6 Å². The molecule has 2 aromatic carbocycles. The Morgan fingerprint density at radius 3 is 2.48 bits per heavy atom. The highest BCUT2D eigenvalue weighted by Crippen LogP contribution is 2.19. The van der Waals surface area contributed by atoms with Gasteiger partial charge in [-0.3, -0.25) is 0 Å². The van der Waals surface area contributed by atoms with E-state index in [2.05, 4.69) is 10.6 Å². The van der Waals surface area contributed by atoms with Gasteiger partial charge in [-0.25, -0.2) is 9.18 Å². The summed E-state index contributed by atoms with van der Waals surface area (Å²) in [4.78, 5) is 11.7. The topological polar surface area (TPSA) is 41.1 Å². The molecule has 0 aliphatic carbocycles. The van der Waals surface area contributed by atoms with E-state index in [1.54, 1.807) is 12.1 Å². The summed E-state index contributed by atoms with van der Waals surface area (Å²) in [5.74, 6) is -0.523. The van der Waals surface area contributed by atoms with Crippen molar-refractivity contribution in [3.8, 4) is 0 Å². The van der Waals surface area contributed by atoms with Crippen LogP contribution < -0.4 is 10.6 Å². The molecule has 0 saturated carbocycles. The molecule has 0 aliphatic heterocycles. The molecule has 21 heavy (non-hydrogen) atoms. The van der Waals surface area contributed by atoms with Crippen LogP contribution in [0.2, 0.25) is 10.0 Å². The third-order valence-corrected chi connectivity index (χ3v) is 3.33. The number of anilines is 1. The van der Waals surface area contributed by atoms with E-state index in [0.29, 0.717) is 23.7 Å². The SMILES string of the molecule is O=C(NCCc1ccc(Cl)cc1)Nc1ccc(F)c(Cl)c1. The van der Waals surface area contributed by atoms with Gasteiger partial charge in [0, 0.05) is 17.3 Å². The predicted molar refractivity (Wildman–Crippen MR) is 83.6 cm³/mol. The van der Waals surface area contributed by atoms with Gasteiger partial charge in [-0.15, -0.1) is 0 Å². The average Bonchev–Trinajstić information content (AvgIpc) is 2.45. The summed E-state index contributed by atoms with van der Waals surface area (Å²) in [5.41, 5.74) is 1.51. The Bertz CT molecular complexity index is 632. The second-order valence-corrected chi connectivity index (χ2v) is 5.23. The molecule has 3 nitrogen and oxygen atoms in total. The first-order chi connectivity index (χ1) is 10.0. The van der Waals surface area contributed by atoms with Crippen molar-refractivity contribution >= 4 is 34.9 Å². The molecule has 2 N–H and O–H groups in total. The lowest BCUT2D eigenvalue weighted by Gasteiger charge is -2.08. The van der Waals surface area contributed by atoms with E-state index >= 15 is 0 Å². The summed E-state index contributed by atoms with van der Waals surface area (Å²) in [7, 11) is 0. The number of nitrogens with one attached hydrogen (secondary N) is 2.